The highest BCUT2D eigenvalue weighted by Crippen LogP contribution is 2.40. The van der Waals surface area contributed by atoms with E-state index in [1.165, 1.54) is 0 Å². The fourth-order valence-electron chi connectivity index (χ4n) is 2.12. The van der Waals surface area contributed by atoms with Gasteiger partial charge in [-0.25, -0.2) is 9.97 Å². The van der Waals surface area contributed by atoms with Gasteiger partial charge in [0.05, 0.1) is 11.6 Å². The fraction of sp³-hybridized carbons (Fsp3) is 0.357. The SMILES string of the molecule is N#CC(N)(CSc1ncnc2ccccc12)C1CC1. The van der Waals surface area contributed by atoms with Gasteiger partial charge in [0.15, 0.2) is 0 Å². The molecule has 0 spiro atoms. The third kappa shape index (κ3) is 2.42. The van der Waals surface area contributed by atoms with Crippen molar-refractivity contribution in [3.8, 4) is 6.07 Å². The molecule has 1 unspecified atom stereocenters. The number of thioether (sulfide) groups is 1. The van der Waals surface area contributed by atoms with Crippen molar-refractivity contribution in [2.24, 2.45) is 11.7 Å². The largest absolute Gasteiger partial charge is 0.312 e. The average Bonchev–Trinajstić information content (AvgIpc) is 3.30. The third-order valence-electron chi connectivity index (χ3n) is 3.47. The Kier molecular flexibility index (Phi) is 3.13. The van der Waals surface area contributed by atoms with E-state index < -0.39 is 5.54 Å². The summed E-state index contributed by atoms with van der Waals surface area (Å²) in [6, 6.07) is 10.2. The van der Waals surface area contributed by atoms with Crippen molar-refractivity contribution >= 4 is 22.7 Å². The standard InChI is InChI=1S/C14H14N4S/c15-7-14(16,10-5-6-10)8-19-13-11-3-1-2-4-12(11)17-9-18-13/h1-4,9-10H,5-6,8,16H2. The van der Waals surface area contributed by atoms with Gasteiger partial charge in [-0.15, -0.1) is 11.8 Å². The number of aromatic nitrogens is 2. The van der Waals surface area contributed by atoms with Crippen molar-refractivity contribution in [2.45, 2.75) is 23.4 Å². The molecule has 1 aliphatic carbocycles. The van der Waals surface area contributed by atoms with Gasteiger partial charge in [-0.3, -0.25) is 0 Å². The number of hydrogen-bond acceptors (Lipinski definition) is 5. The molecule has 1 aromatic heterocycles. The number of fused-ring (bicyclic) bond motifs is 1. The molecule has 1 atom stereocenters. The van der Waals surface area contributed by atoms with Gasteiger partial charge in [0, 0.05) is 11.1 Å². The Morgan fingerprint density at radius 2 is 2.16 bits per heavy atom. The molecule has 1 heterocycles. The minimum Gasteiger partial charge on any atom is -0.312 e. The number of rotatable bonds is 4. The lowest BCUT2D eigenvalue weighted by atomic mass is 10.00. The van der Waals surface area contributed by atoms with E-state index in [1.807, 2.05) is 24.3 Å². The van der Waals surface area contributed by atoms with Gasteiger partial charge >= 0.3 is 0 Å². The number of para-hydroxylation sites is 1. The summed E-state index contributed by atoms with van der Waals surface area (Å²) in [6.45, 7) is 0. The van der Waals surface area contributed by atoms with E-state index in [4.69, 9.17) is 5.73 Å². The maximum absolute atomic E-state index is 9.27. The second-order valence-corrected chi connectivity index (χ2v) is 5.88. The van der Waals surface area contributed by atoms with Crippen LogP contribution in [0.1, 0.15) is 12.8 Å². The highest BCUT2D eigenvalue weighted by molar-refractivity contribution is 7.99. The molecule has 0 saturated heterocycles. The van der Waals surface area contributed by atoms with Crippen molar-refractivity contribution in [3.05, 3.63) is 30.6 Å². The molecule has 1 aromatic carbocycles. The zero-order valence-electron chi connectivity index (χ0n) is 10.4. The van der Waals surface area contributed by atoms with Crippen LogP contribution in [0.15, 0.2) is 35.6 Å². The number of hydrogen-bond donors (Lipinski definition) is 1. The highest BCUT2D eigenvalue weighted by Gasteiger charge is 2.42. The predicted molar refractivity (Wildman–Crippen MR) is 75.5 cm³/mol. The number of nitrogens with zero attached hydrogens (tertiary/aromatic N) is 3. The number of benzene rings is 1. The molecule has 2 N–H and O–H groups in total. The maximum Gasteiger partial charge on any atom is 0.117 e. The number of nitriles is 1. The molecule has 2 aromatic rings. The molecule has 1 fully saturated rings. The molecule has 0 amide bonds. The number of nitrogens with two attached hydrogens (primary N) is 1. The molecule has 0 bridgehead atoms. The molecular weight excluding hydrogens is 256 g/mol. The third-order valence-corrected chi connectivity index (χ3v) is 4.69. The van der Waals surface area contributed by atoms with Gasteiger partial charge in [0.1, 0.15) is 16.9 Å². The van der Waals surface area contributed by atoms with Crippen molar-refractivity contribution in [1.82, 2.24) is 9.97 Å². The highest BCUT2D eigenvalue weighted by atomic mass is 32.2. The van der Waals surface area contributed by atoms with Crippen LogP contribution in [0.3, 0.4) is 0 Å². The lowest BCUT2D eigenvalue weighted by Gasteiger charge is -2.20. The van der Waals surface area contributed by atoms with E-state index in [2.05, 4.69) is 16.0 Å². The van der Waals surface area contributed by atoms with Crippen molar-refractivity contribution < 1.29 is 0 Å². The van der Waals surface area contributed by atoms with Gasteiger partial charge in [0.2, 0.25) is 0 Å². The summed E-state index contributed by atoms with van der Waals surface area (Å²) in [5, 5.41) is 11.2. The second-order valence-electron chi connectivity index (χ2n) is 4.91. The zero-order chi connectivity index (χ0) is 13.3. The molecule has 3 rings (SSSR count). The van der Waals surface area contributed by atoms with Gasteiger partial charge in [-0.2, -0.15) is 5.26 Å². The summed E-state index contributed by atoms with van der Waals surface area (Å²) in [4.78, 5) is 8.54. The Morgan fingerprint density at radius 1 is 1.37 bits per heavy atom. The van der Waals surface area contributed by atoms with Crippen LogP contribution in [0, 0.1) is 17.2 Å². The van der Waals surface area contributed by atoms with Crippen LogP contribution < -0.4 is 5.73 Å². The summed E-state index contributed by atoms with van der Waals surface area (Å²) < 4.78 is 0. The minimum absolute atomic E-state index is 0.345. The van der Waals surface area contributed by atoms with E-state index >= 15 is 0 Å². The van der Waals surface area contributed by atoms with Crippen LogP contribution in [0.5, 0.6) is 0 Å². The first-order valence-corrected chi connectivity index (χ1v) is 7.24. The Bertz CT molecular complexity index is 642. The molecule has 96 valence electrons. The van der Waals surface area contributed by atoms with Gasteiger partial charge in [-0.1, -0.05) is 18.2 Å². The second kappa shape index (κ2) is 4.80. The molecule has 0 radical (unpaired) electrons. The quantitative estimate of drug-likeness (QED) is 0.681. The summed E-state index contributed by atoms with van der Waals surface area (Å²) >= 11 is 1.55. The molecule has 1 aliphatic rings. The van der Waals surface area contributed by atoms with Gasteiger partial charge in [0.25, 0.3) is 0 Å². The van der Waals surface area contributed by atoms with Gasteiger partial charge in [-0.05, 0) is 24.8 Å². The molecule has 19 heavy (non-hydrogen) atoms. The lowest BCUT2D eigenvalue weighted by Crippen LogP contribution is -2.43. The van der Waals surface area contributed by atoms with E-state index in [0.717, 1.165) is 28.8 Å². The lowest BCUT2D eigenvalue weighted by molar-refractivity contribution is 0.532. The Balaban J connectivity index is 1.84. The van der Waals surface area contributed by atoms with Crippen LogP contribution in [-0.2, 0) is 0 Å². The van der Waals surface area contributed by atoms with Crippen LogP contribution in [0.4, 0.5) is 0 Å². The fourth-order valence-corrected chi connectivity index (χ4v) is 3.25. The molecule has 4 nitrogen and oxygen atoms in total. The van der Waals surface area contributed by atoms with Crippen LogP contribution in [0.25, 0.3) is 10.9 Å². The van der Waals surface area contributed by atoms with Gasteiger partial charge < -0.3 is 5.73 Å². The summed E-state index contributed by atoms with van der Waals surface area (Å²) in [5.41, 5.74) is 6.37. The minimum atomic E-state index is -0.725. The monoisotopic (exact) mass is 270 g/mol. The van der Waals surface area contributed by atoms with Crippen molar-refractivity contribution in [2.75, 3.05) is 5.75 Å². The Hall–Kier alpha value is -1.64. The summed E-state index contributed by atoms with van der Waals surface area (Å²) in [7, 11) is 0. The molecular formula is C14H14N4S. The smallest absolute Gasteiger partial charge is 0.117 e. The maximum atomic E-state index is 9.27. The average molecular weight is 270 g/mol. The zero-order valence-corrected chi connectivity index (χ0v) is 11.2. The van der Waals surface area contributed by atoms with E-state index in [-0.39, 0.29) is 0 Å². The first kappa shape index (κ1) is 12.4. The van der Waals surface area contributed by atoms with Crippen LogP contribution in [0.2, 0.25) is 0 Å². The normalized spacial score (nSPS) is 17.9. The van der Waals surface area contributed by atoms with E-state index in [1.54, 1.807) is 18.1 Å². The van der Waals surface area contributed by atoms with E-state index in [9.17, 15) is 5.26 Å². The van der Waals surface area contributed by atoms with Crippen molar-refractivity contribution in [1.29, 1.82) is 5.26 Å². The van der Waals surface area contributed by atoms with Crippen LogP contribution >= 0.6 is 11.8 Å². The summed E-state index contributed by atoms with van der Waals surface area (Å²) in [6.07, 6.45) is 3.69. The first-order chi connectivity index (χ1) is 9.23. The van der Waals surface area contributed by atoms with Crippen LogP contribution in [-0.4, -0.2) is 21.3 Å². The molecule has 1 saturated carbocycles. The Labute approximate surface area is 116 Å². The Morgan fingerprint density at radius 3 is 2.89 bits per heavy atom. The van der Waals surface area contributed by atoms with Crippen molar-refractivity contribution in [3.63, 3.8) is 0 Å². The topological polar surface area (TPSA) is 75.6 Å². The summed E-state index contributed by atoms with van der Waals surface area (Å²) in [5.74, 6) is 0.924. The molecule has 0 aliphatic heterocycles. The molecule has 5 heteroatoms. The predicted octanol–water partition coefficient (Wildman–Crippen LogP) is 2.35. The van der Waals surface area contributed by atoms with E-state index in [0.29, 0.717) is 11.7 Å². The first-order valence-electron chi connectivity index (χ1n) is 6.25.